The highest BCUT2D eigenvalue weighted by atomic mass is 79.9. The van der Waals surface area contributed by atoms with E-state index < -0.39 is 0 Å². The zero-order chi connectivity index (χ0) is 19.1. The van der Waals surface area contributed by atoms with Crippen molar-refractivity contribution in [1.82, 2.24) is 4.57 Å². The van der Waals surface area contributed by atoms with Crippen LogP contribution in [0.15, 0.2) is 83.3 Å². The number of hydrogen-bond donors (Lipinski definition) is 1. The van der Waals surface area contributed by atoms with Gasteiger partial charge in [-0.1, -0.05) is 76.6 Å². The van der Waals surface area contributed by atoms with Gasteiger partial charge in [0.2, 0.25) is 0 Å². The van der Waals surface area contributed by atoms with Gasteiger partial charge in [-0.2, -0.15) is 0 Å². The second-order valence-electron chi connectivity index (χ2n) is 7.62. The summed E-state index contributed by atoms with van der Waals surface area (Å²) in [6, 6.07) is 28.4. The summed E-state index contributed by atoms with van der Waals surface area (Å²) in [6.07, 6.45) is 3.29. The Morgan fingerprint density at radius 1 is 0.893 bits per heavy atom. The lowest BCUT2D eigenvalue weighted by atomic mass is 9.91. The molecule has 3 aromatic carbocycles. The summed E-state index contributed by atoms with van der Waals surface area (Å²) in [4.78, 5) is 0. The molecule has 1 aliphatic carbocycles. The van der Waals surface area contributed by atoms with E-state index in [1.54, 1.807) is 0 Å². The third kappa shape index (κ3) is 2.90. The standard InChI is InChI=1S/C25H23BrN2/c26-19-14-15-23-21(16-19)20-12-7-13-22(27)25(20)28(23)24(17-8-3-1-4-9-17)18-10-5-2-6-11-18/h1-6,8-11,14-16,22,24H,7,12-13,27H2. The first-order chi connectivity index (χ1) is 13.7. The molecular weight excluding hydrogens is 408 g/mol. The highest BCUT2D eigenvalue weighted by molar-refractivity contribution is 9.10. The summed E-state index contributed by atoms with van der Waals surface area (Å²) < 4.78 is 3.63. The van der Waals surface area contributed by atoms with E-state index >= 15 is 0 Å². The fraction of sp³-hybridized carbons (Fsp3) is 0.200. The quantitative estimate of drug-likeness (QED) is 0.401. The van der Waals surface area contributed by atoms with Crippen LogP contribution in [-0.4, -0.2) is 4.57 Å². The second kappa shape index (κ2) is 7.23. The van der Waals surface area contributed by atoms with Crippen molar-refractivity contribution in [3.8, 4) is 0 Å². The van der Waals surface area contributed by atoms with Crippen molar-refractivity contribution >= 4 is 26.8 Å². The molecule has 1 atom stereocenters. The van der Waals surface area contributed by atoms with E-state index in [2.05, 4.69) is 99.4 Å². The van der Waals surface area contributed by atoms with Crippen molar-refractivity contribution in [2.24, 2.45) is 5.73 Å². The van der Waals surface area contributed by atoms with Gasteiger partial charge in [-0.15, -0.1) is 0 Å². The molecule has 0 bridgehead atoms. The van der Waals surface area contributed by atoms with Gasteiger partial charge in [-0.3, -0.25) is 0 Å². The number of halogens is 1. The van der Waals surface area contributed by atoms with Gasteiger partial charge in [0.15, 0.2) is 0 Å². The molecule has 1 aliphatic rings. The molecular formula is C25H23BrN2. The van der Waals surface area contributed by atoms with Crippen LogP contribution in [0.1, 0.15) is 47.3 Å². The average molecular weight is 431 g/mol. The Morgan fingerprint density at radius 2 is 1.54 bits per heavy atom. The number of hydrogen-bond acceptors (Lipinski definition) is 1. The Morgan fingerprint density at radius 3 is 2.18 bits per heavy atom. The van der Waals surface area contributed by atoms with Gasteiger partial charge in [-0.05, 0) is 54.2 Å². The molecule has 2 N–H and O–H groups in total. The molecule has 3 heteroatoms. The molecule has 0 spiro atoms. The van der Waals surface area contributed by atoms with Crippen LogP contribution in [0.4, 0.5) is 0 Å². The van der Waals surface area contributed by atoms with Gasteiger partial charge in [0.1, 0.15) is 0 Å². The normalized spacial score (nSPS) is 16.5. The number of aromatic nitrogens is 1. The van der Waals surface area contributed by atoms with Crippen molar-refractivity contribution < 1.29 is 0 Å². The summed E-state index contributed by atoms with van der Waals surface area (Å²) >= 11 is 3.67. The van der Waals surface area contributed by atoms with E-state index in [-0.39, 0.29) is 12.1 Å². The van der Waals surface area contributed by atoms with Crippen LogP contribution in [0.3, 0.4) is 0 Å². The van der Waals surface area contributed by atoms with Gasteiger partial charge in [-0.25, -0.2) is 0 Å². The molecule has 0 amide bonds. The molecule has 28 heavy (non-hydrogen) atoms. The molecule has 0 saturated heterocycles. The molecule has 0 radical (unpaired) electrons. The van der Waals surface area contributed by atoms with E-state index in [9.17, 15) is 0 Å². The molecule has 140 valence electrons. The lowest BCUT2D eigenvalue weighted by molar-refractivity contribution is 0.518. The first-order valence-electron chi connectivity index (χ1n) is 9.91. The van der Waals surface area contributed by atoms with Gasteiger partial charge in [0, 0.05) is 27.1 Å². The predicted octanol–water partition coefficient (Wildman–Crippen LogP) is 6.38. The van der Waals surface area contributed by atoms with Gasteiger partial charge >= 0.3 is 0 Å². The second-order valence-corrected chi connectivity index (χ2v) is 8.53. The van der Waals surface area contributed by atoms with E-state index in [1.807, 2.05) is 0 Å². The third-order valence-corrected chi connectivity index (χ3v) is 6.39. The Bertz CT molecular complexity index is 1080. The van der Waals surface area contributed by atoms with Crippen molar-refractivity contribution in [2.75, 3.05) is 0 Å². The maximum Gasteiger partial charge on any atom is 0.0842 e. The lowest BCUT2D eigenvalue weighted by Crippen LogP contribution is -2.24. The van der Waals surface area contributed by atoms with Crippen molar-refractivity contribution in [2.45, 2.75) is 31.3 Å². The number of fused-ring (bicyclic) bond motifs is 3. The number of nitrogens with two attached hydrogens (primary N) is 1. The number of rotatable bonds is 3. The summed E-state index contributed by atoms with van der Waals surface area (Å²) in [5, 5.41) is 1.33. The highest BCUT2D eigenvalue weighted by Crippen LogP contribution is 2.42. The number of benzene rings is 3. The van der Waals surface area contributed by atoms with Crippen LogP contribution in [0.25, 0.3) is 10.9 Å². The summed E-state index contributed by atoms with van der Waals surface area (Å²) in [5.74, 6) is 0. The van der Waals surface area contributed by atoms with Crippen LogP contribution in [0.5, 0.6) is 0 Å². The zero-order valence-electron chi connectivity index (χ0n) is 15.7. The minimum absolute atomic E-state index is 0.0739. The first kappa shape index (κ1) is 17.7. The minimum atomic E-state index is 0.0739. The molecule has 1 aromatic heterocycles. The van der Waals surface area contributed by atoms with E-state index in [0.29, 0.717) is 0 Å². The third-order valence-electron chi connectivity index (χ3n) is 5.89. The van der Waals surface area contributed by atoms with Crippen LogP contribution >= 0.6 is 15.9 Å². The fourth-order valence-corrected chi connectivity index (χ4v) is 5.07. The Hall–Kier alpha value is -2.36. The van der Waals surface area contributed by atoms with E-state index in [0.717, 1.165) is 23.7 Å². The molecule has 0 fully saturated rings. The van der Waals surface area contributed by atoms with Gasteiger partial charge in [0.25, 0.3) is 0 Å². The maximum atomic E-state index is 6.71. The van der Waals surface area contributed by atoms with Gasteiger partial charge in [0.05, 0.1) is 6.04 Å². The van der Waals surface area contributed by atoms with Crippen LogP contribution in [0.2, 0.25) is 0 Å². The predicted molar refractivity (Wildman–Crippen MR) is 120 cm³/mol. The van der Waals surface area contributed by atoms with E-state index in [1.165, 1.54) is 33.3 Å². The summed E-state index contributed by atoms with van der Waals surface area (Å²) in [7, 11) is 0. The molecule has 4 aromatic rings. The van der Waals surface area contributed by atoms with Crippen LogP contribution in [-0.2, 0) is 6.42 Å². The molecule has 0 aliphatic heterocycles. The average Bonchev–Trinajstić information content (AvgIpc) is 3.05. The Labute approximate surface area is 174 Å². The number of nitrogens with zero attached hydrogens (tertiary/aromatic N) is 1. The summed E-state index contributed by atoms with van der Waals surface area (Å²) in [6.45, 7) is 0. The van der Waals surface area contributed by atoms with E-state index in [4.69, 9.17) is 5.73 Å². The SMILES string of the molecule is NC1CCCc2c1n(C(c1ccccc1)c1ccccc1)c1ccc(Br)cc21. The monoisotopic (exact) mass is 430 g/mol. The lowest BCUT2D eigenvalue weighted by Gasteiger charge is -2.28. The zero-order valence-corrected chi connectivity index (χ0v) is 17.3. The smallest absolute Gasteiger partial charge is 0.0842 e. The maximum absolute atomic E-state index is 6.71. The molecule has 5 rings (SSSR count). The Balaban J connectivity index is 1.86. The minimum Gasteiger partial charge on any atom is -0.331 e. The van der Waals surface area contributed by atoms with Crippen LogP contribution < -0.4 is 5.73 Å². The van der Waals surface area contributed by atoms with Crippen molar-refractivity contribution in [1.29, 1.82) is 0 Å². The fourth-order valence-electron chi connectivity index (χ4n) is 4.71. The Kier molecular flexibility index (Phi) is 4.58. The number of aryl methyl sites for hydroxylation is 1. The molecule has 0 saturated carbocycles. The largest absolute Gasteiger partial charge is 0.331 e. The first-order valence-corrected chi connectivity index (χ1v) is 10.7. The highest BCUT2D eigenvalue weighted by Gasteiger charge is 2.30. The summed E-state index contributed by atoms with van der Waals surface area (Å²) in [5.41, 5.74) is 13.3. The van der Waals surface area contributed by atoms with Crippen molar-refractivity contribution in [3.63, 3.8) is 0 Å². The topological polar surface area (TPSA) is 30.9 Å². The molecule has 1 unspecified atom stereocenters. The van der Waals surface area contributed by atoms with Crippen molar-refractivity contribution in [3.05, 3.63) is 106 Å². The van der Waals surface area contributed by atoms with Gasteiger partial charge < -0.3 is 10.3 Å². The van der Waals surface area contributed by atoms with Crippen LogP contribution in [0, 0.1) is 0 Å². The molecule has 1 heterocycles. The molecule has 2 nitrogen and oxygen atoms in total.